The maximum absolute atomic E-state index is 12.5. The number of carbonyl (C=O) groups is 1. The van der Waals surface area contributed by atoms with Crippen LogP contribution in [0.5, 0.6) is 0 Å². The highest BCUT2D eigenvalue weighted by Gasteiger charge is 2.34. The highest BCUT2D eigenvalue weighted by Crippen LogP contribution is 2.34. The molecule has 0 aliphatic carbocycles. The zero-order chi connectivity index (χ0) is 16.9. The second kappa shape index (κ2) is 7.42. The Balaban J connectivity index is 1.99. The molecule has 124 valence electrons. The van der Waals surface area contributed by atoms with Gasteiger partial charge in [0.1, 0.15) is 0 Å². The highest BCUT2D eigenvalue weighted by atomic mass is 32.1. The molecule has 0 aliphatic rings. The number of anilines is 1. The smallest absolute Gasteiger partial charge is 0.383 e. The third-order valence-corrected chi connectivity index (χ3v) is 3.66. The number of nitrogens with one attached hydrogen (secondary N) is 2. The summed E-state index contributed by atoms with van der Waals surface area (Å²) in [7, 11) is 1.53. The predicted molar refractivity (Wildman–Crippen MR) is 81.4 cm³/mol. The van der Waals surface area contributed by atoms with Crippen molar-refractivity contribution in [2.75, 3.05) is 25.6 Å². The van der Waals surface area contributed by atoms with Crippen molar-refractivity contribution in [2.24, 2.45) is 0 Å². The van der Waals surface area contributed by atoms with Gasteiger partial charge in [-0.3, -0.25) is 0 Å². The van der Waals surface area contributed by atoms with Crippen LogP contribution in [0.2, 0.25) is 0 Å². The summed E-state index contributed by atoms with van der Waals surface area (Å²) in [6.07, 6.45) is -4.44. The highest BCUT2D eigenvalue weighted by molar-refractivity contribution is 7.10. The minimum absolute atomic E-state index is 0.249. The third kappa shape index (κ3) is 4.93. The van der Waals surface area contributed by atoms with Crippen LogP contribution in [-0.2, 0) is 10.9 Å². The van der Waals surface area contributed by atoms with Crippen molar-refractivity contribution >= 4 is 23.1 Å². The molecule has 1 heterocycles. The minimum atomic E-state index is -4.44. The number of rotatable bonds is 5. The number of halogens is 3. The van der Waals surface area contributed by atoms with Crippen LogP contribution in [0.25, 0.3) is 11.3 Å². The number of nitrogens with zero attached hydrogens (tertiary/aromatic N) is 1. The number of hydrogen-bond donors (Lipinski definition) is 2. The summed E-state index contributed by atoms with van der Waals surface area (Å²) in [5.41, 5.74) is 1.32. The van der Waals surface area contributed by atoms with E-state index in [1.807, 2.05) is 0 Å². The van der Waals surface area contributed by atoms with Gasteiger partial charge in [0.2, 0.25) is 0 Å². The fourth-order valence-corrected chi connectivity index (χ4v) is 2.40. The molecule has 5 nitrogen and oxygen atoms in total. The van der Waals surface area contributed by atoms with E-state index in [1.165, 1.54) is 12.5 Å². The standard InChI is InChI=1S/C14H14F3N3O2S/c1-22-7-6-18-13(21)19-10-4-2-9(3-5-10)11-8-23-12(20-11)14(15,16)17/h2-5,8H,6-7H2,1H3,(H2,18,19,21). The fraction of sp³-hybridized carbons (Fsp3) is 0.286. The lowest BCUT2D eigenvalue weighted by molar-refractivity contribution is -0.137. The molecule has 0 radical (unpaired) electrons. The topological polar surface area (TPSA) is 63.2 Å². The van der Waals surface area contributed by atoms with Crippen molar-refractivity contribution in [2.45, 2.75) is 6.18 Å². The van der Waals surface area contributed by atoms with Gasteiger partial charge in [0.25, 0.3) is 0 Å². The second-order valence-electron chi connectivity index (χ2n) is 4.49. The largest absolute Gasteiger partial charge is 0.443 e. The number of aromatic nitrogens is 1. The molecule has 0 fully saturated rings. The molecule has 9 heteroatoms. The van der Waals surface area contributed by atoms with Crippen LogP contribution in [-0.4, -0.2) is 31.3 Å². The Hall–Kier alpha value is -2.13. The average molecular weight is 345 g/mol. The monoisotopic (exact) mass is 345 g/mol. The molecule has 2 aromatic rings. The predicted octanol–water partition coefficient (Wildman–Crippen LogP) is 3.60. The lowest BCUT2D eigenvalue weighted by Gasteiger charge is -2.07. The van der Waals surface area contributed by atoms with Crippen LogP contribution in [0.1, 0.15) is 5.01 Å². The van der Waals surface area contributed by atoms with Crippen molar-refractivity contribution in [3.63, 3.8) is 0 Å². The average Bonchev–Trinajstić information content (AvgIpc) is 2.98. The Morgan fingerprint density at radius 2 is 2.00 bits per heavy atom. The molecular weight excluding hydrogens is 331 g/mol. The van der Waals surface area contributed by atoms with Gasteiger partial charge >= 0.3 is 12.2 Å². The lowest BCUT2D eigenvalue weighted by atomic mass is 10.1. The second-order valence-corrected chi connectivity index (χ2v) is 5.34. The van der Waals surface area contributed by atoms with Crippen LogP contribution >= 0.6 is 11.3 Å². The lowest BCUT2D eigenvalue weighted by Crippen LogP contribution is -2.31. The summed E-state index contributed by atoms with van der Waals surface area (Å²) in [6, 6.07) is 6.00. The Morgan fingerprint density at radius 1 is 1.30 bits per heavy atom. The minimum Gasteiger partial charge on any atom is -0.383 e. The van der Waals surface area contributed by atoms with Crippen LogP contribution in [0, 0.1) is 0 Å². The van der Waals surface area contributed by atoms with E-state index < -0.39 is 11.2 Å². The number of amides is 2. The molecule has 2 N–H and O–H groups in total. The molecule has 0 saturated heterocycles. The first-order chi connectivity index (χ1) is 10.9. The quantitative estimate of drug-likeness (QED) is 0.814. The van der Waals surface area contributed by atoms with E-state index in [-0.39, 0.29) is 11.7 Å². The number of carbonyl (C=O) groups excluding carboxylic acids is 1. The SMILES string of the molecule is COCCNC(=O)Nc1ccc(-c2csc(C(F)(F)F)n2)cc1. The molecule has 0 aliphatic heterocycles. The van der Waals surface area contributed by atoms with Crippen molar-refractivity contribution in [1.82, 2.24) is 10.3 Å². The molecule has 23 heavy (non-hydrogen) atoms. The Bertz CT molecular complexity index is 656. The maximum atomic E-state index is 12.5. The van der Waals surface area contributed by atoms with Gasteiger partial charge < -0.3 is 15.4 Å². The number of methoxy groups -OCH3 is 1. The number of thiazole rings is 1. The first-order valence-electron chi connectivity index (χ1n) is 6.57. The van der Waals surface area contributed by atoms with Gasteiger partial charge in [-0.2, -0.15) is 13.2 Å². The normalized spacial score (nSPS) is 11.3. The van der Waals surface area contributed by atoms with Crippen LogP contribution in [0.4, 0.5) is 23.7 Å². The van der Waals surface area contributed by atoms with Crippen molar-refractivity contribution in [3.8, 4) is 11.3 Å². The molecule has 1 aromatic carbocycles. The third-order valence-electron chi connectivity index (χ3n) is 2.78. The van der Waals surface area contributed by atoms with E-state index in [0.29, 0.717) is 35.7 Å². The zero-order valence-electron chi connectivity index (χ0n) is 12.1. The van der Waals surface area contributed by atoms with Gasteiger partial charge in [0.05, 0.1) is 12.3 Å². The van der Waals surface area contributed by atoms with Crippen LogP contribution in [0.3, 0.4) is 0 Å². The molecule has 0 atom stereocenters. The maximum Gasteiger partial charge on any atom is 0.443 e. The van der Waals surface area contributed by atoms with Gasteiger partial charge in [-0.15, -0.1) is 11.3 Å². The fourth-order valence-electron chi connectivity index (χ4n) is 1.70. The molecule has 2 rings (SSSR count). The summed E-state index contributed by atoms with van der Waals surface area (Å²) < 4.78 is 42.4. The van der Waals surface area contributed by atoms with Gasteiger partial charge in [0.15, 0.2) is 5.01 Å². The molecule has 0 bridgehead atoms. The molecule has 2 amide bonds. The number of ether oxygens (including phenoxy) is 1. The van der Waals surface area contributed by atoms with Crippen molar-refractivity contribution < 1.29 is 22.7 Å². The number of alkyl halides is 3. The van der Waals surface area contributed by atoms with Gasteiger partial charge in [-0.05, 0) is 12.1 Å². The number of hydrogen-bond acceptors (Lipinski definition) is 4. The number of urea groups is 1. The van der Waals surface area contributed by atoms with E-state index in [9.17, 15) is 18.0 Å². The summed E-state index contributed by atoms with van der Waals surface area (Å²) >= 11 is 0.550. The molecule has 0 spiro atoms. The Kier molecular flexibility index (Phi) is 5.56. The Labute approximate surface area is 134 Å². The summed E-state index contributed by atoms with van der Waals surface area (Å²) in [5, 5.41) is 5.66. The van der Waals surface area contributed by atoms with E-state index in [0.717, 1.165) is 0 Å². The van der Waals surface area contributed by atoms with Crippen LogP contribution < -0.4 is 10.6 Å². The first-order valence-corrected chi connectivity index (χ1v) is 7.45. The summed E-state index contributed by atoms with van der Waals surface area (Å²) in [4.78, 5) is 15.1. The van der Waals surface area contributed by atoms with E-state index >= 15 is 0 Å². The Morgan fingerprint density at radius 3 is 2.57 bits per heavy atom. The van der Waals surface area contributed by atoms with Gasteiger partial charge in [0, 0.05) is 30.3 Å². The van der Waals surface area contributed by atoms with E-state index in [2.05, 4.69) is 15.6 Å². The van der Waals surface area contributed by atoms with Crippen LogP contribution in [0.15, 0.2) is 29.6 Å². The molecule has 0 unspecified atom stereocenters. The first kappa shape index (κ1) is 17.2. The van der Waals surface area contributed by atoms with Gasteiger partial charge in [-0.1, -0.05) is 12.1 Å². The molecule has 0 saturated carbocycles. The van der Waals surface area contributed by atoms with E-state index in [1.54, 1.807) is 24.3 Å². The van der Waals surface area contributed by atoms with Gasteiger partial charge in [-0.25, -0.2) is 9.78 Å². The molecule has 1 aromatic heterocycles. The zero-order valence-corrected chi connectivity index (χ0v) is 12.9. The summed E-state index contributed by atoms with van der Waals surface area (Å²) in [6.45, 7) is 0.775. The number of benzene rings is 1. The summed E-state index contributed by atoms with van der Waals surface area (Å²) in [5.74, 6) is 0. The molecular formula is C14H14F3N3O2S. The van der Waals surface area contributed by atoms with Crippen molar-refractivity contribution in [1.29, 1.82) is 0 Å². The van der Waals surface area contributed by atoms with E-state index in [4.69, 9.17) is 4.74 Å². The van der Waals surface area contributed by atoms with Crippen molar-refractivity contribution in [3.05, 3.63) is 34.7 Å².